The maximum absolute atomic E-state index is 3.51. The topological polar surface area (TPSA) is 12.0 Å². The highest BCUT2D eigenvalue weighted by Gasteiger charge is 2.22. The second kappa shape index (κ2) is 5.44. The van der Waals surface area contributed by atoms with Gasteiger partial charge in [0, 0.05) is 6.04 Å². The maximum Gasteiger partial charge on any atom is 0.0327 e. The summed E-state index contributed by atoms with van der Waals surface area (Å²) in [6.45, 7) is 15.9. The fraction of sp³-hybridized carbons (Fsp3) is 0.647. The van der Waals surface area contributed by atoms with Crippen molar-refractivity contribution in [3.8, 4) is 0 Å². The standard InChI is InChI=1S/C17H29N/c1-11-9-12(2)14(4)16(13(11)3)15(18-8)10-17(5,6)7/h9,15,18H,10H2,1-8H3. The van der Waals surface area contributed by atoms with E-state index in [-0.39, 0.29) is 0 Å². The van der Waals surface area contributed by atoms with Crippen LogP contribution >= 0.6 is 0 Å². The van der Waals surface area contributed by atoms with Crippen molar-refractivity contribution in [1.29, 1.82) is 0 Å². The first-order valence-corrected chi connectivity index (χ1v) is 6.92. The van der Waals surface area contributed by atoms with Crippen LogP contribution in [-0.2, 0) is 0 Å². The molecule has 0 aliphatic heterocycles. The third kappa shape index (κ3) is 3.35. The Hall–Kier alpha value is -0.820. The molecule has 1 rings (SSSR count). The smallest absolute Gasteiger partial charge is 0.0327 e. The molecule has 18 heavy (non-hydrogen) atoms. The quantitative estimate of drug-likeness (QED) is 0.822. The first-order chi connectivity index (χ1) is 8.17. The van der Waals surface area contributed by atoms with Gasteiger partial charge in [-0.15, -0.1) is 0 Å². The van der Waals surface area contributed by atoms with E-state index in [2.05, 4.69) is 66.9 Å². The molecule has 1 aromatic rings. The van der Waals surface area contributed by atoms with Gasteiger partial charge in [0.2, 0.25) is 0 Å². The Morgan fingerprint density at radius 1 is 1.00 bits per heavy atom. The summed E-state index contributed by atoms with van der Waals surface area (Å²) >= 11 is 0. The molecule has 0 aliphatic rings. The monoisotopic (exact) mass is 247 g/mol. The highest BCUT2D eigenvalue weighted by atomic mass is 14.9. The highest BCUT2D eigenvalue weighted by Crippen LogP contribution is 2.34. The van der Waals surface area contributed by atoms with Crippen molar-refractivity contribution in [1.82, 2.24) is 5.32 Å². The average Bonchev–Trinajstić information content (AvgIpc) is 2.23. The number of benzene rings is 1. The molecule has 0 heterocycles. The summed E-state index contributed by atoms with van der Waals surface area (Å²) in [6.07, 6.45) is 1.16. The summed E-state index contributed by atoms with van der Waals surface area (Å²) in [6, 6.07) is 2.75. The van der Waals surface area contributed by atoms with E-state index in [1.165, 1.54) is 27.8 Å². The van der Waals surface area contributed by atoms with Gasteiger partial charge in [0.1, 0.15) is 0 Å². The Bertz CT molecular complexity index is 398. The molecule has 1 heteroatoms. The number of rotatable bonds is 3. The molecular weight excluding hydrogens is 218 g/mol. The van der Waals surface area contributed by atoms with Crippen LogP contribution in [0.4, 0.5) is 0 Å². The summed E-state index contributed by atoms with van der Waals surface area (Å²) < 4.78 is 0. The van der Waals surface area contributed by atoms with Crippen LogP contribution in [0.3, 0.4) is 0 Å². The van der Waals surface area contributed by atoms with Crippen LogP contribution in [-0.4, -0.2) is 7.05 Å². The normalized spacial score (nSPS) is 13.8. The minimum absolute atomic E-state index is 0.338. The van der Waals surface area contributed by atoms with Gasteiger partial charge in [-0.25, -0.2) is 0 Å². The van der Waals surface area contributed by atoms with E-state index in [1.54, 1.807) is 0 Å². The zero-order valence-electron chi connectivity index (χ0n) is 13.4. The van der Waals surface area contributed by atoms with Crippen LogP contribution in [0.15, 0.2) is 6.07 Å². The predicted octanol–water partition coefficient (Wildman–Crippen LogP) is 4.62. The first kappa shape index (κ1) is 15.2. The Labute approximate surface area is 113 Å². The van der Waals surface area contributed by atoms with Gasteiger partial charge in [-0.05, 0) is 74.4 Å². The van der Waals surface area contributed by atoms with Crippen molar-refractivity contribution < 1.29 is 0 Å². The summed E-state index contributed by atoms with van der Waals surface area (Å²) in [5, 5.41) is 3.51. The van der Waals surface area contributed by atoms with Gasteiger partial charge in [0.25, 0.3) is 0 Å². The molecule has 0 amide bonds. The fourth-order valence-corrected chi connectivity index (χ4v) is 2.73. The molecule has 1 nitrogen and oxygen atoms in total. The summed E-state index contributed by atoms with van der Waals surface area (Å²) in [5.41, 5.74) is 7.54. The minimum atomic E-state index is 0.338. The number of hydrogen-bond acceptors (Lipinski definition) is 1. The summed E-state index contributed by atoms with van der Waals surface area (Å²) in [7, 11) is 2.08. The molecule has 1 unspecified atom stereocenters. The SMILES string of the molecule is CNC(CC(C)(C)C)c1c(C)c(C)cc(C)c1C. The van der Waals surface area contributed by atoms with Crippen molar-refractivity contribution in [2.24, 2.45) is 5.41 Å². The molecule has 0 spiro atoms. The van der Waals surface area contributed by atoms with Crippen LogP contribution < -0.4 is 5.32 Å². The van der Waals surface area contributed by atoms with Crippen LogP contribution in [0.1, 0.15) is 61.1 Å². The largest absolute Gasteiger partial charge is 0.313 e. The Morgan fingerprint density at radius 2 is 1.44 bits per heavy atom. The van der Waals surface area contributed by atoms with Crippen molar-refractivity contribution >= 4 is 0 Å². The second-order valence-electron chi connectivity index (χ2n) is 6.78. The fourth-order valence-electron chi connectivity index (χ4n) is 2.73. The molecule has 0 aliphatic carbocycles. The molecule has 102 valence electrons. The Morgan fingerprint density at radius 3 is 1.78 bits per heavy atom. The van der Waals surface area contributed by atoms with Crippen LogP contribution in [0.2, 0.25) is 0 Å². The third-order valence-electron chi connectivity index (χ3n) is 3.94. The van der Waals surface area contributed by atoms with Crippen molar-refractivity contribution in [2.45, 2.75) is 60.9 Å². The zero-order valence-corrected chi connectivity index (χ0v) is 13.4. The van der Waals surface area contributed by atoms with E-state index >= 15 is 0 Å². The molecule has 1 N–H and O–H groups in total. The van der Waals surface area contributed by atoms with Crippen LogP contribution in [0.25, 0.3) is 0 Å². The maximum atomic E-state index is 3.51. The van der Waals surface area contributed by atoms with E-state index in [1.807, 2.05) is 0 Å². The van der Waals surface area contributed by atoms with Gasteiger partial charge < -0.3 is 5.32 Å². The molecule has 0 fully saturated rings. The third-order valence-corrected chi connectivity index (χ3v) is 3.94. The number of nitrogens with one attached hydrogen (secondary N) is 1. The summed E-state index contributed by atoms with van der Waals surface area (Å²) in [5.74, 6) is 0. The molecule has 0 saturated carbocycles. The molecule has 0 saturated heterocycles. The van der Waals surface area contributed by atoms with E-state index < -0.39 is 0 Å². The van der Waals surface area contributed by atoms with Gasteiger partial charge in [0.15, 0.2) is 0 Å². The lowest BCUT2D eigenvalue weighted by Gasteiger charge is -2.29. The molecule has 0 bridgehead atoms. The van der Waals surface area contributed by atoms with Gasteiger partial charge in [-0.3, -0.25) is 0 Å². The molecular formula is C17H29N. The van der Waals surface area contributed by atoms with Crippen molar-refractivity contribution in [3.63, 3.8) is 0 Å². The minimum Gasteiger partial charge on any atom is -0.313 e. The van der Waals surface area contributed by atoms with Crippen LogP contribution in [0, 0.1) is 33.1 Å². The lowest BCUT2D eigenvalue weighted by atomic mass is 9.81. The van der Waals surface area contributed by atoms with Crippen molar-refractivity contribution in [3.05, 3.63) is 33.9 Å². The molecule has 1 atom stereocenters. The van der Waals surface area contributed by atoms with E-state index in [0.29, 0.717) is 11.5 Å². The van der Waals surface area contributed by atoms with Gasteiger partial charge in [-0.2, -0.15) is 0 Å². The zero-order chi connectivity index (χ0) is 14.1. The predicted molar refractivity (Wildman–Crippen MR) is 81.3 cm³/mol. The average molecular weight is 247 g/mol. The van der Waals surface area contributed by atoms with E-state index in [4.69, 9.17) is 0 Å². The molecule has 0 radical (unpaired) electrons. The van der Waals surface area contributed by atoms with E-state index in [9.17, 15) is 0 Å². The lowest BCUT2D eigenvalue weighted by molar-refractivity contribution is 0.319. The lowest BCUT2D eigenvalue weighted by Crippen LogP contribution is -2.24. The Kier molecular flexibility index (Phi) is 4.61. The van der Waals surface area contributed by atoms with Gasteiger partial charge >= 0.3 is 0 Å². The van der Waals surface area contributed by atoms with E-state index in [0.717, 1.165) is 6.42 Å². The van der Waals surface area contributed by atoms with Crippen LogP contribution in [0.5, 0.6) is 0 Å². The second-order valence-corrected chi connectivity index (χ2v) is 6.78. The number of hydrogen-bond donors (Lipinski definition) is 1. The molecule has 0 aromatic heterocycles. The first-order valence-electron chi connectivity index (χ1n) is 6.92. The van der Waals surface area contributed by atoms with Gasteiger partial charge in [0.05, 0.1) is 0 Å². The van der Waals surface area contributed by atoms with Gasteiger partial charge in [-0.1, -0.05) is 26.8 Å². The Balaban J connectivity index is 3.29. The number of aryl methyl sites for hydroxylation is 2. The molecule has 1 aromatic carbocycles. The highest BCUT2D eigenvalue weighted by molar-refractivity contribution is 5.45. The summed E-state index contributed by atoms with van der Waals surface area (Å²) in [4.78, 5) is 0. The van der Waals surface area contributed by atoms with Crippen molar-refractivity contribution in [2.75, 3.05) is 7.05 Å².